The molecule has 0 spiro atoms. The van der Waals surface area contributed by atoms with Gasteiger partial charge in [-0.05, 0) is 31.5 Å². The van der Waals surface area contributed by atoms with E-state index >= 15 is 0 Å². The molecule has 3 aromatic rings. The number of hydrogen-bond donors (Lipinski definition) is 1. The lowest BCUT2D eigenvalue weighted by Crippen LogP contribution is -2.04. The van der Waals surface area contributed by atoms with Gasteiger partial charge in [0.05, 0.1) is 23.9 Å². The summed E-state index contributed by atoms with van der Waals surface area (Å²) in [4.78, 5) is 13.5. The molecule has 0 aromatic carbocycles. The summed E-state index contributed by atoms with van der Waals surface area (Å²) in [6, 6.07) is 6.34. The molecule has 1 aliphatic carbocycles. The van der Waals surface area contributed by atoms with Crippen LogP contribution in [0, 0.1) is 11.3 Å². The first-order valence-corrected chi connectivity index (χ1v) is 9.35. The highest BCUT2D eigenvalue weighted by molar-refractivity contribution is 5.80. The number of nitrogens with one attached hydrogen (secondary N) is 1. The molecule has 0 unspecified atom stereocenters. The van der Waals surface area contributed by atoms with E-state index in [1.54, 1.807) is 6.20 Å². The number of hydrogen-bond acceptors (Lipinski definition) is 6. The van der Waals surface area contributed by atoms with Crippen LogP contribution in [0.25, 0.3) is 28.6 Å². The molecule has 28 heavy (non-hydrogen) atoms. The maximum Gasteiger partial charge on any atom is 0.223 e. The first-order valence-electron chi connectivity index (χ1n) is 9.35. The van der Waals surface area contributed by atoms with Crippen LogP contribution >= 0.6 is 0 Å². The standard InChI is InChI=1S/C21H21N7/c1-14(2)28-13-17(19-7-10-24-21(26-19)23-9-4-8-22)20(27-28)16-11-15-5-3-6-18(15)25-12-16/h3,5,7,10-14H,4,6,9H2,1-2H3,(H,23,24,26). The van der Waals surface area contributed by atoms with E-state index in [2.05, 4.69) is 58.4 Å². The largest absolute Gasteiger partial charge is 0.353 e. The Morgan fingerprint density at radius 3 is 3.04 bits per heavy atom. The SMILES string of the molecule is CC(C)n1cc(-c2ccnc(NCCC#N)n2)c(-c2cnc3c(c2)C=CC3)n1. The second-order valence-corrected chi connectivity index (χ2v) is 6.93. The van der Waals surface area contributed by atoms with Crippen LogP contribution in [0.2, 0.25) is 0 Å². The molecule has 4 rings (SSSR count). The van der Waals surface area contributed by atoms with Gasteiger partial charge < -0.3 is 5.32 Å². The highest BCUT2D eigenvalue weighted by atomic mass is 15.3. The van der Waals surface area contributed by atoms with Crippen molar-refractivity contribution in [2.75, 3.05) is 11.9 Å². The lowest BCUT2D eigenvalue weighted by atomic mass is 10.1. The van der Waals surface area contributed by atoms with E-state index in [1.807, 2.05) is 23.1 Å². The van der Waals surface area contributed by atoms with Crippen molar-refractivity contribution in [3.8, 4) is 28.6 Å². The van der Waals surface area contributed by atoms with E-state index in [0.29, 0.717) is 18.9 Å². The molecule has 0 saturated carbocycles. The zero-order valence-corrected chi connectivity index (χ0v) is 15.9. The van der Waals surface area contributed by atoms with E-state index < -0.39 is 0 Å². The zero-order chi connectivity index (χ0) is 19.5. The minimum absolute atomic E-state index is 0.227. The monoisotopic (exact) mass is 371 g/mol. The molecule has 0 bridgehead atoms. The minimum Gasteiger partial charge on any atom is -0.353 e. The van der Waals surface area contributed by atoms with Crippen LogP contribution in [0.15, 0.2) is 36.8 Å². The summed E-state index contributed by atoms with van der Waals surface area (Å²) in [5, 5.41) is 16.6. The fourth-order valence-electron chi connectivity index (χ4n) is 3.13. The molecule has 140 valence electrons. The Kier molecular flexibility index (Phi) is 4.85. The van der Waals surface area contributed by atoms with Crippen LogP contribution < -0.4 is 5.32 Å². The van der Waals surface area contributed by atoms with Gasteiger partial charge in [-0.3, -0.25) is 9.67 Å². The molecular formula is C21H21N7. The fourth-order valence-corrected chi connectivity index (χ4v) is 3.13. The summed E-state index contributed by atoms with van der Waals surface area (Å²) in [7, 11) is 0. The topological polar surface area (TPSA) is 92.3 Å². The Bertz CT molecular complexity index is 1070. The van der Waals surface area contributed by atoms with Crippen LogP contribution in [-0.4, -0.2) is 31.3 Å². The van der Waals surface area contributed by atoms with E-state index in [0.717, 1.165) is 40.2 Å². The van der Waals surface area contributed by atoms with Gasteiger partial charge in [0.25, 0.3) is 0 Å². The second-order valence-electron chi connectivity index (χ2n) is 6.93. The van der Waals surface area contributed by atoms with E-state index in [-0.39, 0.29) is 6.04 Å². The molecule has 1 N–H and O–H groups in total. The molecule has 1 aliphatic rings. The Labute approximate surface area is 163 Å². The zero-order valence-electron chi connectivity index (χ0n) is 15.9. The minimum atomic E-state index is 0.227. The van der Waals surface area contributed by atoms with Crippen LogP contribution in [0.1, 0.15) is 37.6 Å². The summed E-state index contributed by atoms with van der Waals surface area (Å²) >= 11 is 0. The average Bonchev–Trinajstić information content (AvgIpc) is 3.35. The van der Waals surface area contributed by atoms with Gasteiger partial charge in [0.2, 0.25) is 5.95 Å². The highest BCUT2D eigenvalue weighted by Gasteiger charge is 2.18. The molecule has 0 amide bonds. The molecule has 0 aliphatic heterocycles. The lowest BCUT2D eigenvalue weighted by Gasteiger charge is -2.06. The quantitative estimate of drug-likeness (QED) is 0.661. The number of pyridine rings is 1. The third-order valence-corrected chi connectivity index (χ3v) is 4.60. The van der Waals surface area contributed by atoms with Gasteiger partial charge in [0.1, 0.15) is 5.69 Å². The van der Waals surface area contributed by atoms with Crippen molar-refractivity contribution in [3.05, 3.63) is 48.1 Å². The van der Waals surface area contributed by atoms with Gasteiger partial charge in [-0.25, -0.2) is 9.97 Å². The summed E-state index contributed by atoms with van der Waals surface area (Å²) in [6.45, 7) is 4.71. The number of allylic oxidation sites excluding steroid dienone is 1. The number of nitriles is 1. The molecule has 0 fully saturated rings. The highest BCUT2D eigenvalue weighted by Crippen LogP contribution is 2.32. The third kappa shape index (κ3) is 3.49. The number of aromatic nitrogens is 5. The van der Waals surface area contributed by atoms with Gasteiger partial charge in [-0.2, -0.15) is 10.4 Å². The second kappa shape index (κ2) is 7.61. The first-order chi connectivity index (χ1) is 13.7. The van der Waals surface area contributed by atoms with Crippen molar-refractivity contribution < 1.29 is 0 Å². The number of fused-ring (bicyclic) bond motifs is 1. The molecule has 0 atom stereocenters. The number of nitrogens with zero attached hydrogens (tertiary/aromatic N) is 6. The predicted octanol–water partition coefficient (Wildman–Crippen LogP) is 3.88. The van der Waals surface area contributed by atoms with Crippen molar-refractivity contribution in [2.45, 2.75) is 32.7 Å². The van der Waals surface area contributed by atoms with Crippen molar-refractivity contribution in [1.82, 2.24) is 24.7 Å². The Morgan fingerprint density at radius 1 is 1.32 bits per heavy atom. The Morgan fingerprint density at radius 2 is 2.21 bits per heavy atom. The van der Waals surface area contributed by atoms with Crippen LogP contribution in [-0.2, 0) is 6.42 Å². The molecule has 7 nitrogen and oxygen atoms in total. The molecule has 3 heterocycles. The molecular weight excluding hydrogens is 350 g/mol. The van der Waals surface area contributed by atoms with E-state index in [9.17, 15) is 0 Å². The van der Waals surface area contributed by atoms with Crippen LogP contribution in [0.4, 0.5) is 5.95 Å². The summed E-state index contributed by atoms with van der Waals surface area (Å²) in [5.41, 5.74) is 5.78. The van der Waals surface area contributed by atoms with Crippen LogP contribution in [0.3, 0.4) is 0 Å². The van der Waals surface area contributed by atoms with Crippen molar-refractivity contribution in [3.63, 3.8) is 0 Å². The maximum atomic E-state index is 8.71. The van der Waals surface area contributed by atoms with Crippen molar-refractivity contribution in [1.29, 1.82) is 5.26 Å². The van der Waals surface area contributed by atoms with E-state index in [1.165, 1.54) is 0 Å². The number of rotatable bonds is 6. The molecule has 3 aromatic heterocycles. The Balaban J connectivity index is 1.76. The van der Waals surface area contributed by atoms with E-state index in [4.69, 9.17) is 10.4 Å². The summed E-state index contributed by atoms with van der Waals surface area (Å²) < 4.78 is 1.94. The van der Waals surface area contributed by atoms with Gasteiger partial charge in [0, 0.05) is 48.7 Å². The normalized spacial score (nSPS) is 12.2. The van der Waals surface area contributed by atoms with Crippen LogP contribution in [0.5, 0.6) is 0 Å². The smallest absolute Gasteiger partial charge is 0.223 e. The summed E-state index contributed by atoms with van der Waals surface area (Å²) in [5.74, 6) is 0.506. The van der Waals surface area contributed by atoms with Gasteiger partial charge in [-0.15, -0.1) is 0 Å². The molecule has 0 radical (unpaired) electrons. The fraction of sp³-hybridized carbons (Fsp3) is 0.286. The average molecular weight is 371 g/mol. The third-order valence-electron chi connectivity index (χ3n) is 4.60. The van der Waals surface area contributed by atoms with Gasteiger partial charge >= 0.3 is 0 Å². The molecule has 7 heteroatoms. The van der Waals surface area contributed by atoms with Crippen molar-refractivity contribution >= 4 is 12.0 Å². The lowest BCUT2D eigenvalue weighted by molar-refractivity contribution is 0.534. The maximum absolute atomic E-state index is 8.71. The van der Waals surface area contributed by atoms with Gasteiger partial charge in [0.15, 0.2) is 0 Å². The summed E-state index contributed by atoms with van der Waals surface area (Å²) in [6.07, 6.45) is 11.1. The van der Waals surface area contributed by atoms with Gasteiger partial charge in [-0.1, -0.05) is 12.2 Å². The first kappa shape index (κ1) is 17.9. The predicted molar refractivity (Wildman–Crippen MR) is 108 cm³/mol. The number of anilines is 1. The van der Waals surface area contributed by atoms with Crippen molar-refractivity contribution in [2.24, 2.45) is 0 Å². The Hall–Kier alpha value is -3.53. The molecule has 0 saturated heterocycles.